The summed E-state index contributed by atoms with van der Waals surface area (Å²) in [5.74, 6) is 0.112. The van der Waals surface area contributed by atoms with Crippen molar-refractivity contribution in [3.05, 3.63) is 29.1 Å². The van der Waals surface area contributed by atoms with Crippen LogP contribution in [0.4, 0.5) is 0 Å². The average Bonchev–Trinajstić information content (AvgIpc) is 2.15. The van der Waals surface area contributed by atoms with Crippen molar-refractivity contribution in [2.24, 2.45) is 0 Å². The number of nitrogens with zero attached hydrogens (tertiary/aromatic N) is 2. The van der Waals surface area contributed by atoms with E-state index in [0.717, 1.165) is 29.8 Å². The molecule has 0 aliphatic carbocycles. The summed E-state index contributed by atoms with van der Waals surface area (Å²) in [5.41, 5.74) is 2.78. The first-order valence-corrected chi connectivity index (χ1v) is 5.67. The zero-order valence-electron chi connectivity index (χ0n) is 10.4. The molecule has 2 heterocycles. The van der Waals surface area contributed by atoms with E-state index in [1.165, 1.54) is 0 Å². The lowest BCUT2D eigenvalue weighted by Crippen LogP contribution is -2.49. The number of hydrogen-bond donors (Lipinski definition) is 0. The summed E-state index contributed by atoms with van der Waals surface area (Å²) in [6, 6.07) is 2.02. The number of pyridine rings is 1. The fraction of sp³-hybridized carbons (Fsp3) is 0.538. The highest BCUT2D eigenvalue weighted by Gasteiger charge is 2.31. The second kappa shape index (κ2) is 3.58. The minimum Gasteiger partial charge on any atom is -0.333 e. The first-order chi connectivity index (χ1) is 7.39. The Labute approximate surface area is 96.5 Å². The number of fused-ring (bicyclic) bond motifs is 1. The lowest BCUT2D eigenvalue weighted by atomic mass is 9.95. The third kappa shape index (κ3) is 1.82. The highest BCUT2D eigenvalue weighted by atomic mass is 16.2. The third-order valence-corrected chi connectivity index (χ3v) is 3.02. The molecule has 0 N–H and O–H groups in total. The third-order valence-electron chi connectivity index (χ3n) is 3.02. The Kier molecular flexibility index (Phi) is 2.49. The predicted molar refractivity (Wildman–Crippen MR) is 63.5 cm³/mol. The number of aromatic nitrogens is 1. The Hall–Kier alpha value is -1.38. The standard InChI is InChI=1S/C13H18N2O/c1-9-7-10-5-6-15(13(2,3)4)12(16)11(10)8-14-9/h7-8H,5-6H2,1-4H3. The van der Waals surface area contributed by atoms with Crippen molar-refractivity contribution in [3.63, 3.8) is 0 Å². The van der Waals surface area contributed by atoms with Crippen molar-refractivity contribution in [1.82, 2.24) is 9.88 Å². The average molecular weight is 218 g/mol. The van der Waals surface area contributed by atoms with Gasteiger partial charge in [0.25, 0.3) is 5.91 Å². The Morgan fingerprint density at radius 2 is 2.06 bits per heavy atom. The molecule has 1 aliphatic heterocycles. The number of carbonyl (C=O) groups excluding carboxylic acids is 1. The Morgan fingerprint density at radius 1 is 1.38 bits per heavy atom. The fourth-order valence-electron chi connectivity index (χ4n) is 2.14. The van der Waals surface area contributed by atoms with Crippen LogP contribution < -0.4 is 0 Å². The SMILES string of the molecule is Cc1cc2c(cn1)C(=O)N(C(C)(C)C)CC2. The van der Waals surface area contributed by atoms with Gasteiger partial charge in [-0.05, 0) is 45.7 Å². The van der Waals surface area contributed by atoms with Crippen molar-refractivity contribution in [1.29, 1.82) is 0 Å². The maximum atomic E-state index is 12.3. The molecule has 0 unspecified atom stereocenters. The first-order valence-electron chi connectivity index (χ1n) is 5.67. The fourth-order valence-corrected chi connectivity index (χ4v) is 2.14. The van der Waals surface area contributed by atoms with Crippen LogP contribution in [0.2, 0.25) is 0 Å². The van der Waals surface area contributed by atoms with Crippen LogP contribution in [0.3, 0.4) is 0 Å². The van der Waals surface area contributed by atoms with E-state index in [1.54, 1.807) is 6.20 Å². The summed E-state index contributed by atoms with van der Waals surface area (Å²) in [6.45, 7) is 8.96. The Balaban J connectivity index is 2.40. The molecule has 16 heavy (non-hydrogen) atoms. The molecule has 0 atom stereocenters. The van der Waals surface area contributed by atoms with Gasteiger partial charge in [0.05, 0.1) is 5.56 Å². The Bertz CT molecular complexity index is 432. The van der Waals surface area contributed by atoms with E-state index in [0.29, 0.717) is 0 Å². The molecule has 3 nitrogen and oxygen atoms in total. The molecule has 1 amide bonds. The van der Waals surface area contributed by atoms with Gasteiger partial charge in [-0.3, -0.25) is 9.78 Å². The monoisotopic (exact) mass is 218 g/mol. The van der Waals surface area contributed by atoms with Gasteiger partial charge in [-0.1, -0.05) is 0 Å². The van der Waals surface area contributed by atoms with E-state index in [1.807, 2.05) is 17.9 Å². The van der Waals surface area contributed by atoms with Gasteiger partial charge in [-0.2, -0.15) is 0 Å². The molecule has 0 fully saturated rings. The van der Waals surface area contributed by atoms with Crippen LogP contribution in [0, 0.1) is 6.92 Å². The van der Waals surface area contributed by atoms with Crippen molar-refractivity contribution in [3.8, 4) is 0 Å². The van der Waals surface area contributed by atoms with E-state index in [4.69, 9.17) is 0 Å². The van der Waals surface area contributed by atoms with Crippen LogP contribution in [-0.2, 0) is 6.42 Å². The molecule has 0 saturated carbocycles. The van der Waals surface area contributed by atoms with E-state index in [9.17, 15) is 4.79 Å². The van der Waals surface area contributed by atoms with Gasteiger partial charge in [0.15, 0.2) is 0 Å². The van der Waals surface area contributed by atoms with Gasteiger partial charge in [0.1, 0.15) is 0 Å². The minimum absolute atomic E-state index is 0.111. The minimum atomic E-state index is -0.111. The van der Waals surface area contributed by atoms with E-state index < -0.39 is 0 Å². The maximum absolute atomic E-state index is 12.3. The number of rotatable bonds is 0. The normalized spacial score (nSPS) is 16.2. The zero-order valence-corrected chi connectivity index (χ0v) is 10.4. The summed E-state index contributed by atoms with van der Waals surface area (Å²) in [5, 5.41) is 0. The molecule has 0 aromatic carbocycles. The van der Waals surface area contributed by atoms with Crippen LogP contribution in [0.5, 0.6) is 0 Å². The molecule has 1 aliphatic rings. The molecule has 0 radical (unpaired) electrons. The van der Waals surface area contributed by atoms with Crippen molar-refractivity contribution >= 4 is 5.91 Å². The molecule has 1 aromatic rings. The smallest absolute Gasteiger partial charge is 0.256 e. The number of carbonyl (C=O) groups is 1. The van der Waals surface area contributed by atoms with Gasteiger partial charge in [-0.15, -0.1) is 0 Å². The summed E-state index contributed by atoms with van der Waals surface area (Å²) in [6.07, 6.45) is 2.65. The van der Waals surface area contributed by atoms with Crippen LogP contribution >= 0.6 is 0 Å². The van der Waals surface area contributed by atoms with Crippen LogP contribution in [0.1, 0.15) is 42.4 Å². The predicted octanol–water partition coefficient (Wildman–Crippen LogP) is 2.19. The molecule has 2 rings (SSSR count). The molecule has 0 bridgehead atoms. The highest BCUT2D eigenvalue weighted by Crippen LogP contribution is 2.24. The molecule has 0 spiro atoms. The second-order valence-corrected chi connectivity index (χ2v) is 5.36. The lowest BCUT2D eigenvalue weighted by molar-refractivity contribution is 0.0561. The summed E-state index contributed by atoms with van der Waals surface area (Å²) < 4.78 is 0. The van der Waals surface area contributed by atoms with E-state index >= 15 is 0 Å². The molecule has 1 aromatic heterocycles. The molecular weight excluding hydrogens is 200 g/mol. The van der Waals surface area contributed by atoms with Gasteiger partial charge in [-0.25, -0.2) is 0 Å². The Morgan fingerprint density at radius 3 is 2.69 bits per heavy atom. The van der Waals surface area contributed by atoms with Gasteiger partial charge < -0.3 is 4.90 Å². The first kappa shape index (κ1) is 11.1. The number of amides is 1. The maximum Gasteiger partial charge on any atom is 0.256 e. The van der Waals surface area contributed by atoms with E-state index in [-0.39, 0.29) is 11.4 Å². The number of hydrogen-bond acceptors (Lipinski definition) is 2. The molecule has 3 heteroatoms. The van der Waals surface area contributed by atoms with Crippen molar-refractivity contribution < 1.29 is 4.79 Å². The van der Waals surface area contributed by atoms with Gasteiger partial charge in [0.2, 0.25) is 0 Å². The van der Waals surface area contributed by atoms with Crippen molar-refractivity contribution in [2.45, 2.75) is 39.7 Å². The van der Waals surface area contributed by atoms with Gasteiger partial charge >= 0.3 is 0 Å². The summed E-state index contributed by atoms with van der Waals surface area (Å²) in [7, 11) is 0. The zero-order chi connectivity index (χ0) is 11.9. The summed E-state index contributed by atoms with van der Waals surface area (Å²) >= 11 is 0. The van der Waals surface area contributed by atoms with Crippen LogP contribution in [0.25, 0.3) is 0 Å². The highest BCUT2D eigenvalue weighted by molar-refractivity contribution is 5.96. The molecule has 86 valence electrons. The number of aryl methyl sites for hydroxylation is 1. The lowest BCUT2D eigenvalue weighted by Gasteiger charge is -2.39. The van der Waals surface area contributed by atoms with Gasteiger partial charge in [0, 0.05) is 24.0 Å². The van der Waals surface area contributed by atoms with E-state index in [2.05, 4.69) is 25.8 Å². The second-order valence-electron chi connectivity index (χ2n) is 5.36. The van der Waals surface area contributed by atoms with Crippen molar-refractivity contribution in [2.75, 3.05) is 6.54 Å². The largest absolute Gasteiger partial charge is 0.333 e. The van der Waals surface area contributed by atoms with Crippen LogP contribution in [0.15, 0.2) is 12.3 Å². The molecular formula is C13H18N2O. The topological polar surface area (TPSA) is 33.2 Å². The summed E-state index contributed by atoms with van der Waals surface area (Å²) in [4.78, 5) is 18.4. The quantitative estimate of drug-likeness (QED) is 0.668. The van der Waals surface area contributed by atoms with Crippen LogP contribution in [-0.4, -0.2) is 27.9 Å². The molecule has 0 saturated heterocycles.